The third-order valence-electron chi connectivity index (χ3n) is 2.26. The van der Waals surface area contributed by atoms with E-state index in [9.17, 15) is 0 Å². The number of pyridine rings is 1. The fourth-order valence-electron chi connectivity index (χ4n) is 1.53. The largest absolute Gasteiger partial charge is 0.404 e. The molecule has 3 N–H and O–H groups in total. The monoisotopic (exact) mass is 199 g/mol. The molecule has 0 bridgehead atoms. The molecular formula is C12H13N3. The fraction of sp³-hybridized carbons (Fsp3) is 0.0833. The zero-order chi connectivity index (χ0) is 10.7. The number of hydrogen-bond acceptors (Lipinski definition) is 2. The second kappa shape index (κ2) is 4.00. The van der Waals surface area contributed by atoms with E-state index in [1.165, 1.54) is 0 Å². The van der Waals surface area contributed by atoms with E-state index in [-0.39, 0.29) is 0 Å². The molecule has 0 aliphatic carbocycles. The third kappa shape index (κ3) is 1.76. The summed E-state index contributed by atoms with van der Waals surface area (Å²) in [6.45, 7) is 1.96. The predicted octanol–water partition coefficient (Wildman–Crippen LogP) is 2.44. The van der Waals surface area contributed by atoms with Crippen molar-refractivity contribution in [3.63, 3.8) is 0 Å². The molecule has 0 saturated carbocycles. The molecule has 2 aromatic heterocycles. The molecule has 0 spiro atoms. The normalized spacial score (nSPS) is 12.7. The summed E-state index contributed by atoms with van der Waals surface area (Å²) >= 11 is 0. The lowest BCUT2D eigenvalue weighted by Gasteiger charge is -2.00. The van der Waals surface area contributed by atoms with Gasteiger partial charge in [0.2, 0.25) is 0 Å². The van der Waals surface area contributed by atoms with Crippen LogP contribution in [0, 0.1) is 0 Å². The minimum absolute atomic E-state index is 0.899. The number of rotatable bonds is 2. The molecule has 2 rings (SSSR count). The van der Waals surface area contributed by atoms with Crippen LogP contribution in [0.1, 0.15) is 12.5 Å². The van der Waals surface area contributed by atoms with Gasteiger partial charge in [0.05, 0.1) is 0 Å². The highest BCUT2D eigenvalue weighted by Crippen LogP contribution is 2.18. The van der Waals surface area contributed by atoms with Crippen molar-refractivity contribution in [1.82, 2.24) is 9.97 Å². The molecule has 0 fully saturated rings. The fourth-order valence-corrected chi connectivity index (χ4v) is 1.53. The van der Waals surface area contributed by atoms with Gasteiger partial charge >= 0.3 is 0 Å². The molecule has 0 amide bonds. The summed E-state index contributed by atoms with van der Waals surface area (Å²) in [5.41, 5.74) is 8.47. The summed E-state index contributed by atoms with van der Waals surface area (Å²) in [4.78, 5) is 7.36. The number of nitrogens with one attached hydrogen (secondary N) is 1. The Morgan fingerprint density at radius 3 is 3.13 bits per heavy atom. The number of aromatic nitrogens is 2. The average Bonchev–Trinajstić information content (AvgIpc) is 2.72. The first kappa shape index (κ1) is 9.52. The van der Waals surface area contributed by atoms with Gasteiger partial charge in [-0.1, -0.05) is 12.2 Å². The van der Waals surface area contributed by atoms with Crippen LogP contribution in [0.5, 0.6) is 0 Å². The zero-order valence-electron chi connectivity index (χ0n) is 8.57. The van der Waals surface area contributed by atoms with Crippen molar-refractivity contribution >= 4 is 16.6 Å². The van der Waals surface area contributed by atoms with Crippen LogP contribution in [0.25, 0.3) is 16.6 Å². The van der Waals surface area contributed by atoms with Crippen molar-refractivity contribution in [2.45, 2.75) is 6.92 Å². The Morgan fingerprint density at radius 1 is 1.53 bits per heavy atom. The van der Waals surface area contributed by atoms with Gasteiger partial charge in [-0.2, -0.15) is 0 Å². The van der Waals surface area contributed by atoms with Gasteiger partial charge in [-0.25, -0.2) is 4.98 Å². The van der Waals surface area contributed by atoms with Crippen LogP contribution in [-0.4, -0.2) is 9.97 Å². The van der Waals surface area contributed by atoms with Gasteiger partial charge in [0.15, 0.2) is 0 Å². The van der Waals surface area contributed by atoms with Crippen molar-refractivity contribution in [1.29, 1.82) is 0 Å². The second-order valence-electron chi connectivity index (χ2n) is 3.26. The average molecular weight is 199 g/mol. The van der Waals surface area contributed by atoms with Crippen LogP contribution in [-0.2, 0) is 0 Å². The van der Waals surface area contributed by atoms with Crippen LogP contribution in [0.4, 0.5) is 0 Å². The summed E-state index contributed by atoms with van der Waals surface area (Å²) < 4.78 is 0. The second-order valence-corrected chi connectivity index (χ2v) is 3.26. The quantitative estimate of drug-likeness (QED) is 0.730. The van der Waals surface area contributed by atoms with Crippen LogP contribution in [0.3, 0.4) is 0 Å². The lowest BCUT2D eigenvalue weighted by atomic mass is 10.1. The molecule has 0 unspecified atom stereocenters. The van der Waals surface area contributed by atoms with Crippen LogP contribution >= 0.6 is 0 Å². The van der Waals surface area contributed by atoms with Gasteiger partial charge in [-0.05, 0) is 24.6 Å². The summed E-state index contributed by atoms with van der Waals surface area (Å²) in [5.74, 6) is 0. The molecule has 0 atom stereocenters. The van der Waals surface area contributed by atoms with Crippen molar-refractivity contribution in [3.8, 4) is 0 Å². The Labute approximate surface area is 88.3 Å². The SMILES string of the molecule is C/C=C\C(=C/N)c1cnc2[nH]ccc2c1. The highest BCUT2D eigenvalue weighted by atomic mass is 14.8. The lowest BCUT2D eigenvalue weighted by molar-refractivity contribution is 1.31. The zero-order valence-corrected chi connectivity index (χ0v) is 8.57. The number of allylic oxidation sites excluding steroid dienone is 3. The Hall–Kier alpha value is -2.03. The maximum atomic E-state index is 5.56. The lowest BCUT2D eigenvalue weighted by Crippen LogP contribution is -1.88. The number of H-pyrrole nitrogens is 1. The van der Waals surface area contributed by atoms with E-state index in [2.05, 4.69) is 16.0 Å². The Bertz CT molecular complexity index is 520. The molecule has 2 aromatic rings. The Morgan fingerprint density at radius 2 is 2.40 bits per heavy atom. The Kier molecular flexibility index (Phi) is 2.54. The molecule has 2 heterocycles. The van der Waals surface area contributed by atoms with E-state index >= 15 is 0 Å². The molecule has 3 nitrogen and oxygen atoms in total. The van der Waals surface area contributed by atoms with Gasteiger partial charge in [0, 0.05) is 29.5 Å². The maximum absolute atomic E-state index is 5.56. The van der Waals surface area contributed by atoms with Gasteiger partial charge in [-0.15, -0.1) is 0 Å². The molecule has 0 aliphatic rings. The first-order valence-corrected chi connectivity index (χ1v) is 4.83. The van der Waals surface area contributed by atoms with E-state index in [0.29, 0.717) is 0 Å². The van der Waals surface area contributed by atoms with E-state index < -0.39 is 0 Å². The van der Waals surface area contributed by atoms with Crippen LogP contribution in [0.2, 0.25) is 0 Å². The number of aromatic amines is 1. The minimum Gasteiger partial charge on any atom is -0.404 e. The molecule has 0 aliphatic heterocycles. The van der Waals surface area contributed by atoms with Gasteiger partial charge in [0.25, 0.3) is 0 Å². The molecule has 0 radical (unpaired) electrons. The number of fused-ring (bicyclic) bond motifs is 1. The minimum atomic E-state index is 0.899. The maximum Gasteiger partial charge on any atom is 0.137 e. The molecule has 0 saturated heterocycles. The van der Waals surface area contributed by atoms with E-state index in [1.54, 1.807) is 6.20 Å². The topological polar surface area (TPSA) is 54.7 Å². The van der Waals surface area contributed by atoms with Crippen molar-refractivity contribution in [2.24, 2.45) is 5.73 Å². The van der Waals surface area contributed by atoms with Crippen molar-refractivity contribution in [2.75, 3.05) is 0 Å². The molecular weight excluding hydrogens is 186 g/mol. The summed E-state index contributed by atoms with van der Waals surface area (Å²) in [6.07, 6.45) is 9.21. The van der Waals surface area contributed by atoms with Crippen LogP contribution < -0.4 is 5.73 Å². The predicted molar refractivity (Wildman–Crippen MR) is 63.1 cm³/mol. The number of nitrogens with two attached hydrogens (primary N) is 1. The van der Waals surface area contributed by atoms with E-state index in [1.807, 2.05) is 37.5 Å². The van der Waals surface area contributed by atoms with E-state index in [4.69, 9.17) is 5.73 Å². The highest BCUT2D eigenvalue weighted by molar-refractivity contribution is 5.82. The standard InChI is InChI=1S/C12H13N3/c1-2-3-10(7-13)11-6-9-4-5-14-12(9)15-8-11/h2-8H,13H2,1H3,(H,14,15)/b3-2-,10-7+. The Balaban J connectivity index is 2.51. The van der Waals surface area contributed by atoms with Crippen molar-refractivity contribution in [3.05, 3.63) is 48.4 Å². The number of nitrogens with zero attached hydrogens (tertiary/aromatic N) is 1. The smallest absolute Gasteiger partial charge is 0.137 e. The van der Waals surface area contributed by atoms with Crippen LogP contribution in [0.15, 0.2) is 42.9 Å². The molecule has 3 heteroatoms. The summed E-state index contributed by atoms with van der Waals surface area (Å²) in [5, 5.41) is 1.09. The number of hydrogen-bond donors (Lipinski definition) is 2. The first-order valence-electron chi connectivity index (χ1n) is 4.83. The summed E-state index contributed by atoms with van der Waals surface area (Å²) in [6, 6.07) is 4.06. The van der Waals surface area contributed by atoms with Gasteiger partial charge < -0.3 is 10.7 Å². The third-order valence-corrected chi connectivity index (χ3v) is 2.26. The van der Waals surface area contributed by atoms with Crippen molar-refractivity contribution < 1.29 is 0 Å². The summed E-state index contributed by atoms with van der Waals surface area (Å²) in [7, 11) is 0. The first-order chi connectivity index (χ1) is 7.35. The molecule has 76 valence electrons. The molecule has 15 heavy (non-hydrogen) atoms. The van der Waals surface area contributed by atoms with E-state index in [0.717, 1.165) is 22.2 Å². The molecule has 0 aromatic carbocycles. The highest BCUT2D eigenvalue weighted by Gasteiger charge is 2.00. The van der Waals surface area contributed by atoms with Gasteiger partial charge in [-0.3, -0.25) is 0 Å². The van der Waals surface area contributed by atoms with Gasteiger partial charge in [0.1, 0.15) is 5.65 Å².